The molecule has 0 aliphatic heterocycles. The topological polar surface area (TPSA) is 94.8 Å². The maximum Gasteiger partial charge on any atom is 0.327 e. The number of hydrogen-bond acceptors (Lipinski definition) is 4. The molecule has 5 nitrogen and oxygen atoms in total. The molecule has 0 heterocycles. The van der Waals surface area contributed by atoms with Crippen LogP contribution in [0.25, 0.3) is 0 Å². The highest BCUT2D eigenvalue weighted by atomic mass is 16.4. The third-order valence-corrected chi connectivity index (χ3v) is 4.76. The van der Waals surface area contributed by atoms with E-state index in [9.17, 15) is 19.8 Å². The van der Waals surface area contributed by atoms with Gasteiger partial charge in [-0.2, -0.15) is 0 Å². The molecule has 0 spiro atoms. The van der Waals surface area contributed by atoms with E-state index in [0.717, 1.165) is 24.5 Å². The number of carbonyl (C=O) groups is 2. The lowest BCUT2D eigenvalue weighted by Gasteiger charge is -2.15. The van der Waals surface area contributed by atoms with Gasteiger partial charge in [0, 0.05) is 24.8 Å². The summed E-state index contributed by atoms with van der Waals surface area (Å²) in [5.41, 5.74) is 0.980. The summed E-state index contributed by atoms with van der Waals surface area (Å²) in [6, 6.07) is 9.54. The van der Waals surface area contributed by atoms with Gasteiger partial charge in [0.2, 0.25) is 0 Å². The summed E-state index contributed by atoms with van der Waals surface area (Å²) < 4.78 is 0. The number of aliphatic hydroxyl groups is 2. The zero-order valence-electron chi connectivity index (χ0n) is 15.3. The Hall–Kier alpha value is -2.42. The van der Waals surface area contributed by atoms with E-state index in [-0.39, 0.29) is 18.1 Å². The summed E-state index contributed by atoms with van der Waals surface area (Å²) >= 11 is 0. The van der Waals surface area contributed by atoms with E-state index in [1.165, 1.54) is 0 Å². The van der Waals surface area contributed by atoms with E-state index in [2.05, 4.69) is 11.8 Å². The molecule has 5 heteroatoms. The zero-order chi connectivity index (χ0) is 19.6. The van der Waals surface area contributed by atoms with E-state index in [0.29, 0.717) is 19.3 Å². The molecule has 1 aromatic carbocycles. The van der Waals surface area contributed by atoms with Crippen LogP contribution in [0.1, 0.15) is 37.7 Å². The van der Waals surface area contributed by atoms with Crippen LogP contribution in [0.15, 0.2) is 42.5 Å². The second-order valence-electron chi connectivity index (χ2n) is 6.89. The van der Waals surface area contributed by atoms with Crippen molar-refractivity contribution >= 4 is 11.8 Å². The number of unbranched alkanes of at least 4 members (excludes halogenated alkanes) is 2. The van der Waals surface area contributed by atoms with Gasteiger partial charge in [0.1, 0.15) is 11.9 Å². The number of rotatable bonds is 8. The number of hydrogen-bond donors (Lipinski definition) is 3. The predicted octanol–water partition coefficient (Wildman–Crippen LogP) is 2.36. The molecular weight excluding hydrogens is 344 g/mol. The smallest absolute Gasteiger partial charge is 0.327 e. The molecule has 1 saturated carbocycles. The highest BCUT2D eigenvalue weighted by Gasteiger charge is 2.40. The molecule has 1 aromatic rings. The van der Waals surface area contributed by atoms with Crippen molar-refractivity contribution in [3.05, 3.63) is 48.0 Å². The molecule has 1 aliphatic carbocycles. The summed E-state index contributed by atoms with van der Waals surface area (Å²) in [6.07, 6.45) is 4.41. The van der Waals surface area contributed by atoms with Crippen molar-refractivity contribution in [2.75, 3.05) is 0 Å². The molecule has 3 N–H and O–H groups in total. The van der Waals surface area contributed by atoms with Crippen LogP contribution in [-0.2, 0) is 16.0 Å². The summed E-state index contributed by atoms with van der Waals surface area (Å²) in [5.74, 6) is 4.01. The highest BCUT2D eigenvalue weighted by Crippen LogP contribution is 2.32. The minimum Gasteiger partial charge on any atom is -0.478 e. The fraction of sp³-hybridized carbons (Fsp3) is 0.455. The van der Waals surface area contributed by atoms with E-state index in [1.54, 1.807) is 6.08 Å². The molecule has 1 unspecified atom stereocenters. The standard InChI is InChI=1S/C22H26O5/c23-17(14-16-8-4-3-5-9-16)12-13-19-18(20(24)15-21(19)25)10-6-1-2-7-11-22(26)27/h3-5,7-9,11,17-19,21,23,25H,1-2,6,10,14-15H2,(H,26,27)/b11-7+/t17?,18-,19-,21-/m1/s1. The number of aliphatic carboxylic acids is 1. The number of allylic oxidation sites excluding steroid dienone is 1. The van der Waals surface area contributed by atoms with E-state index < -0.39 is 24.1 Å². The monoisotopic (exact) mass is 370 g/mol. The van der Waals surface area contributed by atoms with E-state index in [4.69, 9.17) is 5.11 Å². The molecule has 0 radical (unpaired) electrons. The van der Waals surface area contributed by atoms with Gasteiger partial charge < -0.3 is 15.3 Å². The Morgan fingerprint density at radius 3 is 2.70 bits per heavy atom. The van der Waals surface area contributed by atoms with Crippen molar-refractivity contribution in [2.24, 2.45) is 11.8 Å². The summed E-state index contributed by atoms with van der Waals surface area (Å²) in [6.45, 7) is 0. The van der Waals surface area contributed by atoms with Gasteiger partial charge >= 0.3 is 5.97 Å². The lowest BCUT2D eigenvalue weighted by Crippen LogP contribution is -2.20. The van der Waals surface area contributed by atoms with Crippen LogP contribution in [-0.4, -0.2) is 39.3 Å². The van der Waals surface area contributed by atoms with Crippen LogP contribution in [0.3, 0.4) is 0 Å². The molecule has 0 saturated heterocycles. The normalized spacial score (nSPS) is 23.2. The average molecular weight is 370 g/mol. The maximum atomic E-state index is 12.2. The van der Waals surface area contributed by atoms with Crippen molar-refractivity contribution < 1.29 is 24.9 Å². The number of carboxylic acid groups (broad SMARTS) is 1. The van der Waals surface area contributed by atoms with Crippen LogP contribution in [0, 0.1) is 23.7 Å². The Morgan fingerprint density at radius 1 is 1.26 bits per heavy atom. The zero-order valence-corrected chi connectivity index (χ0v) is 15.3. The van der Waals surface area contributed by atoms with Crippen LogP contribution < -0.4 is 0 Å². The average Bonchev–Trinajstić information content (AvgIpc) is 2.89. The summed E-state index contributed by atoms with van der Waals surface area (Å²) in [4.78, 5) is 22.6. The van der Waals surface area contributed by atoms with E-state index >= 15 is 0 Å². The number of ketones is 1. The van der Waals surface area contributed by atoms with Crippen molar-refractivity contribution in [3.8, 4) is 11.8 Å². The van der Waals surface area contributed by atoms with Crippen LogP contribution >= 0.6 is 0 Å². The van der Waals surface area contributed by atoms with Crippen molar-refractivity contribution in [1.29, 1.82) is 0 Å². The minimum atomic E-state index is -0.964. The molecule has 4 atom stereocenters. The minimum absolute atomic E-state index is 0.0143. The van der Waals surface area contributed by atoms with Gasteiger partial charge in [-0.05, 0) is 24.8 Å². The number of Topliss-reactive ketones (excluding diaryl/α,β-unsaturated/α-hetero) is 1. The molecule has 144 valence electrons. The molecule has 2 rings (SSSR count). The van der Waals surface area contributed by atoms with Gasteiger partial charge in [0.05, 0.1) is 12.0 Å². The van der Waals surface area contributed by atoms with Gasteiger partial charge in [0.25, 0.3) is 0 Å². The van der Waals surface area contributed by atoms with Gasteiger partial charge in [-0.25, -0.2) is 4.79 Å². The van der Waals surface area contributed by atoms with E-state index in [1.807, 2.05) is 30.3 Å². The molecule has 1 aliphatic rings. The fourth-order valence-electron chi connectivity index (χ4n) is 3.38. The van der Waals surface area contributed by atoms with Crippen molar-refractivity contribution in [2.45, 2.75) is 50.7 Å². The quantitative estimate of drug-likeness (QED) is 0.371. The lowest BCUT2D eigenvalue weighted by molar-refractivity contribution is -0.131. The van der Waals surface area contributed by atoms with Gasteiger partial charge in [-0.15, -0.1) is 0 Å². The maximum absolute atomic E-state index is 12.2. The third kappa shape index (κ3) is 7.01. The Bertz CT molecular complexity index is 713. The van der Waals surface area contributed by atoms with Gasteiger partial charge in [-0.3, -0.25) is 4.79 Å². The van der Waals surface area contributed by atoms with Gasteiger partial charge in [0.15, 0.2) is 0 Å². The first-order chi connectivity index (χ1) is 13.0. The SMILES string of the molecule is O=C(O)/C=C/CCCC[C@H]1C(=O)C[C@@H](O)[C@@H]1C#CC(O)Cc1ccccc1. The van der Waals surface area contributed by atoms with Gasteiger partial charge in [-0.1, -0.05) is 54.7 Å². The Kier molecular flexibility index (Phi) is 8.25. The van der Waals surface area contributed by atoms with Crippen molar-refractivity contribution in [1.82, 2.24) is 0 Å². The lowest BCUT2D eigenvalue weighted by atomic mass is 9.89. The largest absolute Gasteiger partial charge is 0.478 e. The Morgan fingerprint density at radius 2 is 2.00 bits per heavy atom. The first-order valence-corrected chi connectivity index (χ1v) is 9.30. The predicted molar refractivity (Wildman–Crippen MR) is 102 cm³/mol. The molecule has 27 heavy (non-hydrogen) atoms. The van der Waals surface area contributed by atoms with Crippen LogP contribution in [0.2, 0.25) is 0 Å². The number of carboxylic acids is 1. The number of aliphatic hydroxyl groups excluding tert-OH is 2. The highest BCUT2D eigenvalue weighted by molar-refractivity contribution is 5.85. The Balaban J connectivity index is 1.87. The van der Waals surface area contributed by atoms with Crippen LogP contribution in [0.4, 0.5) is 0 Å². The van der Waals surface area contributed by atoms with Crippen molar-refractivity contribution in [3.63, 3.8) is 0 Å². The number of benzene rings is 1. The Labute approximate surface area is 159 Å². The molecular formula is C22H26O5. The molecule has 0 bridgehead atoms. The second-order valence-corrected chi connectivity index (χ2v) is 6.89. The second kappa shape index (κ2) is 10.7. The fourth-order valence-corrected chi connectivity index (χ4v) is 3.38. The first kappa shape index (κ1) is 20.9. The number of carbonyl (C=O) groups excluding carboxylic acids is 1. The summed E-state index contributed by atoms with van der Waals surface area (Å²) in [5, 5.41) is 28.8. The molecule has 1 fully saturated rings. The third-order valence-electron chi connectivity index (χ3n) is 4.76. The molecule has 0 aromatic heterocycles. The van der Waals surface area contributed by atoms with Crippen LogP contribution in [0.5, 0.6) is 0 Å². The molecule has 0 amide bonds. The summed E-state index contributed by atoms with van der Waals surface area (Å²) in [7, 11) is 0. The first-order valence-electron chi connectivity index (χ1n) is 9.30.